The number of hydrogen-bond acceptors (Lipinski definition) is 3. The van der Waals surface area contributed by atoms with Gasteiger partial charge in [-0.3, -0.25) is 0 Å². The summed E-state index contributed by atoms with van der Waals surface area (Å²) < 4.78 is 5.29. The summed E-state index contributed by atoms with van der Waals surface area (Å²) in [7, 11) is 1.83. The Bertz CT molecular complexity index is 310. The summed E-state index contributed by atoms with van der Waals surface area (Å²) in [6.07, 6.45) is 13.9. The van der Waals surface area contributed by atoms with E-state index in [9.17, 15) is 0 Å². The van der Waals surface area contributed by atoms with Gasteiger partial charge in [-0.1, -0.05) is 19.3 Å². The normalized spacial score (nSPS) is 35.6. The Hall–Kier alpha value is -0.120. The molecule has 3 atom stereocenters. The second-order valence-electron chi connectivity index (χ2n) is 7.73. The maximum atomic E-state index is 5.29. The van der Waals surface area contributed by atoms with E-state index >= 15 is 0 Å². The van der Waals surface area contributed by atoms with E-state index in [0.717, 1.165) is 24.6 Å². The summed E-state index contributed by atoms with van der Waals surface area (Å²) in [5, 5.41) is 7.79. The molecule has 2 aliphatic carbocycles. The van der Waals surface area contributed by atoms with Crippen molar-refractivity contribution >= 4 is 0 Å². The fraction of sp³-hybridized carbons (Fsp3) is 1.00. The lowest BCUT2D eigenvalue weighted by molar-refractivity contribution is 0.154. The smallest absolute Gasteiger partial charge is 0.0468 e. The second-order valence-corrected chi connectivity index (χ2v) is 7.73. The van der Waals surface area contributed by atoms with Crippen LogP contribution in [0.5, 0.6) is 0 Å². The summed E-state index contributed by atoms with van der Waals surface area (Å²) in [6, 6.07) is 1.54. The van der Waals surface area contributed by atoms with Gasteiger partial charge in [0, 0.05) is 32.3 Å². The first-order valence-corrected chi connectivity index (χ1v) is 9.29. The standard InChI is InChI=1S/C18H34N2O/c1-21-13-11-18(9-10-18)14-20-17-7-3-2-6-15(17)16-8-4-5-12-19-16/h15-17,19-20H,2-14H2,1H3. The van der Waals surface area contributed by atoms with Crippen LogP contribution in [0.2, 0.25) is 0 Å². The van der Waals surface area contributed by atoms with E-state index in [4.69, 9.17) is 4.74 Å². The van der Waals surface area contributed by atoms with Crippen LogP contribution >= 0.6 is 0 Å². The Morgan fingerprint density at radius 2 is 1.90 bits per heavy atom. The van der Waals surface area contributed by atoms with Crippen LogP contribution in [0.4, 0.5) is 0 Å². The number of piperidine rings is 1. The third-order valence-electron chi connectivity index (χ3n) is 6.22. The van der Waals surface area contributed by atoms with Gasteiger partial charge in [-0.15, -0.1) is 0 Å². The van der Waals surface area contributed by atoms with Gasteiger partial charge in [0.15, 0.2) is 0 Å². The van der Waals surface area contributed by atoms with Crippen LogP contribution in [0.15, 0.2) is 0 Å². The van der Waals surface area contributed by atoms with Crippen LogP contribution in [0.1, 0.15) is 64.2 Å². The van der Waals surface area contributed by atoms with Gasteiger partial charge >= 0.3 is 0 Å². The van der Waals surface area contributed by atoms with Crippen LogP contribution in [0, 0.1) is 11.3 Å². The average molecular weight is 294 g/mol. The zero-order valence-corrected chi connectivity index (χ0v) is 13.8. The first-order chi connectivity index (χ1) is 10.3. The van der Waals surface area contributed by atoms with Crippen molar-refractivity contribution in [2.24, 2.45) is 11.3 Å². The highest BCUT2D eigenvalue weighted by atomic mass is 16.5. The number of nitrogens with one attached hydrogen (secondary N) is 2. The molecule has 122 valence electrons. The minimum Gasteiger partial charge on any atom is -0.385 e. The van der Waals surface area contributed by atoms with Crippen molar-refractivity contribution in [3.05, 3.63) is 0 Å². The van der Waals surface area contributed by atoms with Gasteiger partial charge < -0.3 is 15.4 Å². The Kier molecular flexibility index (Phi) is 5.58. The van der Waals surface area contributed by atoms with Crippen molar-refractivity contribution < 1.29 is 4.74 Å². The number of hydrogen-bond donors (Lipinski definition) is 2. The molecule has 1 heterocycles. The molecule has 2 saturated carbocycles. The molecule has 0 radical (unpaired) electrons. The molecule has 3 heteroatoms. The maximum absolute atomic E-state index is 5.29. The zero-order valence-electron chi connectivity index (χ0n) is 13.8. The molecule has 0 amide bonds. The molecule has 0 aromatic heterocycles. The fourth-order valence-electron chi connectivity index (χ4n) is 4.50. The fourth-order valence-corrected chi connectivity index (χ4v) is 4.50. The molecule has 1 saturated heterocycles. The molecule has 3 fully saturated rings. The van der Waals surface area contributed by atoms with Gasteiger partial charge in [-0.05, 0) is 62.8 Å². The lowest BCUT2D eigenvalue weighted by atomic mass is 9.77. The van der Waals surface area contributed by atoms with E-state index in [-0.39, 0.29) is 0 Å². The minimum absolute atomic E-state index is 0.581. The zero-order chi connectivity index (χ0) is 14.5. The largest absolute Gasteiger partial charge is 0.385 e. The summed E-state index contributed by atoms with van der Waals surface area (Å²) in [5.74, 6) is 0.872. The molecule has 0 spiro atoms. The Balaban J connectivity index is 1.50. The van der Waals surface area contributed by atoms with Gasteiger partial charge in [-0.2, -0.15) is 0 Å². The SMILES string of the molecule is COCCC1(CNC2CCCCC2C2CCCCN2)CC1. The van der Waals surface area contributed by atoms with Gasteiger partial charge in [0.2, 0.25) is 0 Å². The Morgan fingerprint density at radius 3 is 2.62 bits per heavy atom. The van der Waals surface area contributed by atoms with E-state index < -0.39 is 0 Å². The van der Waals surface area contributed by atoms with Crippen molar-refractivity contribution in [1.82, 2.24) is 10.6 Å². The molecular formula is C18H34N2O. The second kappa shape index (κ2) is 7.43. The number of rotatable bonds is 7. The van der Waals surface area contributed by atoms with Gasteiger partial charge in [0.1, 0.15) is 0 Å². The Labute approximate surface area is 130 Å². The third kappa shape index (κ3) is 4.20. The van der Waals surface area contributed by atoms with Crippen molar-refractivity contribution in [1.29, 1.82) is 0 Å². The number of methoxy groups -OCH3 is 1. The van der Waals surface area contributed by atoms with Gasteiger partial charge in [0.25, 0.3) is 0 Å². The highest BCUT2D eigenvalue weighted by Gasteiger charge is 2.43. The van der Waals surface area contributed by atoms with Crippen LogP contribution in [-0.2, 0) is 4.74 Å². The van der Waals surface area contributed by atoms with Crippen molar-refractivity contribution in [2.45, 2.75) is 76.3 Å². The quantitative estimate of drug-likeness (QED) is 0.757. The highest BCUT2D eigenvalue weighted by molar-refractivity contribution is 4.97. The van der Waals surface area contributed by atoms with Gasteiger partial charge in [-0.25, -0.2) is 0 Å². The van der Waals surface area contributed by atoms with Crippen LogP contribution in [-0.4, -0.2) is 38.9 Å². The van der Waals surface area contributed by atoms with Crippen molar-refractivity contribution in [2.75, 3.05) is 26.8 Å². The van der Waals surface area contributed by atoms with Crippen LogP contribution in [0.3, 0.4) is 0 Å². The molecular weight excluding hydrogens is 260 g/mol. The Morgan fingerprint density at radius 1 is 1.10 bits per heavy atom. The molecule has 1 aliphatic heterocycles. The highest BCUT2D eigenvalue weighted by Crippen LogP contribution is 2.48. The van der Waals surface area contributed by atoms with E-state index in [1.54, 1.807) is 0 Å². The summed E-state index contributed by atoms with van der Waals surface area (Å²) in [6.45, 7) is 3.40. The topological polar surface area (TPSA) is 33.3 Å². The first kappa shape index (κ1) is 15.8. The molecule has 0 aromatic rings. The predicted molar refractivity (Wildman–Crippen MR) is 87.6 cm³/mol. The lowest BCUT2D eigenvalue weighted by Crippen LogP contribution is -2.51. The summed E-state index contributed by atoms with van der Waals surface area (Å²) in [4.78, 5) is 0. The predicted octanol–water partition coefficient (Wildman–Crippen LogP) is 3.09. The molecule has 3 rings (SSSR count). The molecule has 3 aliphatic rings. The molecule has 0 bridgehead atoms. The monoisotopic (exact) mass is 294 g/mol. The van der Waals surface area contributed by atoms with Crippen molar-refractivity contribution in [3.8, 4) is 0 Å². The maximum Gasteiger partial charge on any atom is 0.0468 e. The van der Waals surface area contributed by atoms with E-state index in [0.29, 0.717) is 5.41 Å². The molecule has 3 nitrogen and oxygen atoms in total. The molecule has 2 N–H and O–H groups in total. The molecule has 21 heavy (non-hydrogen) atoms. The third-order valence-corrected chi connectivity index (χ3v) is 6.22. The van der Waals surface area contributed by atoms with Crippen LogP contribution < -0.4 is 10.6 Å². The van der Waals surface area contributed by atoms with Gasteiger partial charge in [0.05, 0.1) is 0 Å². The van der Waals surface area contributed by atoms with Crippen molar-refractivity contribution in [3.63, 3.8) is 0 Å². The number of ether oxygens (including phenoxy) is 1. The van der Waals surface area contributed by atoms with E-state index in [1.165, 1.54) is 77.3 Å². The van der Waals surface area contributed by atoms with E-state index in [2.05, 4.69) is 10.6 Å². The first-order valence-electron chi connectivity index (χ1n) is 9.29. The molecule has 3 unspecified atom stereocenters. The molecule has 0 aromatic carbocycles. The lowest BCUT2D eigenvalue weighted by Gasteiger charge is -2.40. The minimum atomic E-state index is 0.581. The average Bonchev–Trinajstić information content (AvgIpc) is 3.33. The summed E-state index contributed by atoms with van der Waals surface area (Å²) >= 11 is 0. The van der Waals surface area contributed by atoms with E-state index in [1.807, 2.05) is 7.11 Å². The summed E-state index contributed by atoms with van der Waals surface area (Å²) in [5.41, 5.74) is 0.581. The van der Waals surface area contributed by atoms with Crippen LogP contribution in [0.25, 0.3) is 0 Å².